The van der Waals surface area contributed by atoms with Gasteiger partial charge in [0.05, 0.1) is 28.2 Å². The van der Waals surface area contributed by atoms with Crippen molar-refractivity contribution in [2.45, 2.75) is 37.1 Å². The van der Waals surface area contributed by atoms with E-state index in [1.165, 1.54) is 30.5 Å². The molecule has 0 aliphatic carbocycles. The lowest BCUT2D eigenvalue weighted by molar-refractivity contribution is 0.433. The quantitative estimate of drug-likeness (QED) is 0.0672. The molecule has 0 radical (unpaired) electrons. The number of hydrogen-bond donors (Lipinski definition) is 1. The molecule has 0 saturated heterocycles. The molecule has 0 saturated carbocycles. The molecular weight excluding hydrogens is 717 g/mol. The van der Waals surface area contributed by atoms with Gasteiger partial charge < -0.3 is 4.74 Å². The van der Waals surface area contributed by atoms with Crippen molar-refractivity contribution >= 4 is 61.7 Å². The van der Waals surface area contributed by atoms with Crippen LogP contribution in [0.4, 0.5) is 8.78 Å². The molecule has 2 aromatic heterocycles. The zero-order chi connectivity index (χ0) is 30.9. The van der Waals surface area contributed by atoms with E-state index in [1.54, 1.807) is 41.4 Å². The van der Waals surface area contributed by atoms with Crippen LogP contribution < -0.4 is 4.74 Å². The number of hydrogen-bond acceptors (Lipinski definition) is 6. The Morgan fingerprint density at radius 3 is 2.52 bits per heavy atom. The Bertz CT molecular complexity index is 1960. The Morgan fingerprint density at radius 1 is 1.11 bits per heavy atom. The first-order valence-electron chi connectivity index (χ1n) is 13.3. The molecule has 44 heavy (non-hydrogen) atoms. The number of nitrogens with one attached hydrogen (secondary N) is 1. The van der Waals surface area contributed by atoms with Gasteiger partial charge in [0, 0.05) is 35.0 Å². The van der Waals surface area contributed by atoms with E-state index < -0.39 is 21.7 Å². The van der Waals surface area contributed by atoms with E-state index in [0.29, 0.717) is 10.9 Å². The molecule has 230 valence electrons. The number of fused-ring (bicyclic) bond motifs is 1. The van der Waals surface area contributed by atoms with Crippen molar-refractivity contribution in [1.82, 2.24) is 13.8 Å². The Kier molecular flexibility index (Phi) is 10.1. The summed E-state index contributed by atoms with van der Waals surface area (Å²) < 4.78 is 66.3. The fraction of sp³-hybridized carbons (Fsp3) is 0.188. The highest BCUT2D eigenvalue weighted by Crippen LogP contribution is 2.38. The summed E-state index contributed by atoms with van der Waals surface area (Å²) in [5, 5.41) is 13.0. The van der Waals surface area contributed by atoms with Gasteiger partial charge in [-0.2, -0.15) is 5.10 Å². The van der Waals surface area contributed by atoms with Crippen molar-refractivity contribution in [2.24, 2.45) is 0 Å². The summed E-state index contributed by atoms with van der Waals surface area (Å²) in [5.74, 6) is -1.44. The maximum atomic E-state index is 16.0. The van der Waals surface area contributed by atoms with Crippen molar-refractivity contribution in [1.29, 1.82) is 5.41 Å². The lowest BCUT2D eigenvalue weighted by atomic mass is 9.84. The molecule has 0 unspecified atom stereocenters. The maximum absolute atomic E-state index is 16.0. The Hall–Kier alpha value is -3.49. The summed E-state index contributed by atoms with van der Waals surface area (Å²) in [6.07, 6.45) is 9.20. The van der Waals surface area contributed by atoms with Crippen LogP contribution >= 0.6 is 35.7 Å². The van der Waals surface area contributed by atoms with Crippen LogP contribution in [0.2, 0.25) is 0 Å². The number of rotatable bonds is 10. The number of ether oxygens (including phenoxy) is 1. The van der Waals surface area contributed by atoms with Gasteiger partial charge in [0.1, 0.15) is 11.6 Å². The van der Waals surface area contributed by atoms with Crippen LogP contribution in [-0.2, 0) is 22.0 Å². The third-order valence-corrected chi connectivity index (χ3v) is 9.60. The summed E-state index contributed by atoms with van der Waals surface area (Å²) in [7, 11) is -4.03. The lowest BCUT2D eigenvalue weighted by Gasteiger charge is -2.20. The second-order valence-corrected chi connectivity index (χ2v) is 13.2. The second kappa shape index (κ2) is 13.2. The van der Waals surface area contributed by atoms with Crippen molar-refractivity contribution in [2.75, 3.05) is 6.26 Å². The van der Waals surface area contributed by atoms with Crippen LogP contribution in [0.15, 0.2) is 96.8 Å². The minimum Gasteiger partial charge on any atom is -0.454 e. The molecule has 12 heteroatoms. The smallest absolute Gasteiger partial charge is 0.268 e. The Balaban J connectivity index is 0.00000442. The number of halogens is 3. The third kappa shape index (κ3) is 6.47. The first-order valence-corrected chi connectivity index (χ1v) is 16.0. The Labute approximate surface area is 276 Å². The number of allylic oxidation sites excluding steroid dienone is 1. The minimum absolute atomic E-state index is 0. The molecule has 0 spiro atoms. The molecule has 5 aromatic rings. The van der Waals surface area contributed by atoms with Gasteiger partial charge in [-0.05, 0) is 60.1 Å². The summed E-state index contributed by atoms with van der Waals surface area (Å²) in [5.41, 5.74) is 1.21. The minimum atomic E-state index is -4.03. The zero-order valence-electron chi connectivity index (χ0n) is 24.3. The van der Waals surface area contributed by atoms with Crippen LogP contribution in [0.5, 0.6) is 11.5 Å². The molecule has 3 aromatic carbocycles. The van der Waals surface area contributed by atoms with E-state index in [1.807, 2.05) is 12.3 Å². The van der Waals surface area contributed by atoms with E-state index in [4.69, 9.17) is 10.1 Å². The van der Waals surface area contributed by atoms with Gasteiger partial charge in [-0.25, -0.2) is 21.2 Å². The van der Waals surface area contributed by atoms with E-state index in [2.05, 4.69) is 25.5 Å². The van der Waals surface area contributed by atoms with E-state index in [-0.39, 0.29) is 68.5 Å². The summed E-state index contributed by atoms with van der Waals surface area (Å²) in [6, 6.07) is 14.5. The average molecular weight is 749 g/mol. The largest absolute Gasteiger partial charge is 0.454 e. The first-order chi connectivity index (χ1) is 20.5. The normalized spacial score (nSPS) is 11.8. The van der Waals surface area contributed by atoms with Crippen LogP contribution in [0, 0.1) is 17.0 Å². The SMILES string of the molecule is C=CCC(C)(C)c1cnn(Cc2c(Oc3ccc(F)c(C(=N)SC)c3)c(F)cc3c2ccn3S(=O)(=O)c2ccccc2)c1.I. The molecule has 1 N–H and O–H groups in total. The zero-order valence-corrected chi connectivity index (χ0v) is 28.2. The fourth-order valence-corrected chi connectivity index (χ4v) is 6.60. The monoisotopic (exact) mass is 748 g/mol. The van der Waals surface area contributed by atoms with Crippen LogP contribution in [-0.4, -0.2) is 33.5 Å². The van der Waals surface area contributed by atoms with Gasteiger partial charge >= 0.3 is 0 Å². The van der Waals surface area contributed by atoms with Crippen molar-refractivity contribution in [3.05, 3.63) is 120 Å². The molecular formula is C32H31F2IN4O3S2. The fourth-order valence-electron chi connectivity index (χ4n) is 4.87. The van der Waals surface area contributed by atoms with E-state index in [9.17, 15) is 12.8 Å². The molecule has 0 amide bonds. The first kappa shape index (κ1) is 33.4. The predicted octanol–water partition coefficient (Wildman–Crippen LogP) is 8.35. The number of thioether (sulfide) groups is 1. The molecule has 0 aliphatic rings. The van der Waals surface area contributed by atoms with Gasteiger partial charge in [-0.1, -0.05) is 38.1 Å². The van der Waals surface area contributed by atoms with Crippen molar-refractivity contribution in [3.8, 4) is 11.5 Å². The molecule has 5 rings (SSSR count). The molecule has 0 fully saturated rings. The molecule has 0 atom stereocenters. The number of nitrogens with zero attached hydrogens (tertiary/aromatic N) is 3. The van der Waals surface area contributed by atoms with E-state index in [0.717, 1.165) is 39.9 Å². The standard InChI is InChI=1S/C32H30F2N4O3S2.HI/c1-5-14-32(2,3)21-18-36-37(19-21)20-26-24-13-15-38(43(39,40)23-9-7-6-8-10-23)29(24)17-28(34)30(26)41-22-11-12-27(33)25(16-22)31(35)42-4;/h5-13,15-19,35H,1,14,20H2,2-4H3;1H. The van der Waals surface area contributed by atoms with Crippen molar-refractivity contribution in [3.63, 3.8) is 0 Å². The maximum Gasteiger partial charge on any atom is 0.268 e. The van der Waals surface area contributed by atoms with Gasteiger partial charge in [0.2, 0.25) is 0 Å². The summed E-state index contributed by atoms with van der Waals surface area (Å²) >= 11 is 1.06. The number of aromatic nitrogens is 3. The van der Waals surface area contributed by atoms with Gasteiger partial charge in [-0.3, -0.25) is 10.1 Å². The highest BCUT2D eigenvalue weighted by molar-refractivity contribution is 14.0. The van der Waals surface area contributed by atoms with Crippen molar-refractivity contribution < 1.29 is 21.9 Å². The molecule has 0 aliphatic heterocycles. The highest BCUT2D eigenvalue weighted by Gasteiger charge is 2.26. The Morgan fingerprint density at radius 2 is 1.84 bits per heavy atom. The second-order valence-electron chi connectivity index (χ2n) is 10.6. The van der Waals surface area contributed by atoms with Crippen LogP contribution in [0.25, 0.3) is 10.9 Å². The molecule has 7 nitrogen and oxygen atoms in total. The highest BCUT2D eigenvalue weighted by atomic mass is 127. The van der Waals surface area contributed by atoms with Gasteiger partial charge in [0.15, 0.2) is 11.6 Å². The van der Waals surface area contributed by atoms with E-state index >= 15 is 4.39 Å². The van der Waals surface area contributed by atoms with Crippen LogP contribution in [0.1, 0.15) is 37.0 Å². The molecule has 2 heterocycles. The molecule has 0 bridgehead atoms. The summed E-state index contributed by atoms with van der Waals surface area (Å²) in [4.78, 5) is 0.0611. The summed E-state index contributed by atoms with van der Waals surface area (Å²) in [6.45, 7) is 8.03. The predicted molar refractivity (Wildman–Crippen MR) is 182 cm³/mol. The van der Waals surface area contributed by atoms with Crippen LogP contribution in [0.3, 0.4) is 0 Å². The third-order valence-electron chi connectivity index (χ3n) is 7.27. The lowest BCUT2D eigenvalue weighted by Crippen LogP contribution is -2.15. The average Bonchev–Trinajstić information content (AvgIpc) is 3.64. The van der Waals surface area contributed by atoms with Gasteiger partial charge in [-0.15, -0.1) is 42.3 Å². The number of benzene rings is 3. The van der Waals surface area contributed by atoms with Gasteiger partial charge in [0.25, 0.3) is 10.0 Å². The topological polar surface area (TPSA) is 90.0 Å².